The molecular weight excluding hydrogens is 590 g/mol. The zero-order chi connectivity index (χ0) is 30.5. The molecule has 1 aromatic carbocycles. The van der Waals surface area contributed by atoms with Crippen LogP contribution in [0.15, 0.2) is 59.0 Å². The number of aromatic nitrogens is 4. The summed E-state index contributed by atoms with van der Waals surface area (Å²) in [5.74, 6) is -1.94. The van der Waals surface area contributed by atoms with Crippen molar-refractivity contribution in [2.45, 2.75) is 24.9 Å². The molecule has 0 aliphatic carbocycles. The molecular formula is C28H25ClF2N6O4S. The van der Waals surface area contributed by atoms with E-state index in [4.69, 9.17) is 11.6 Å². The highest BCUT2D eigenvalue weighted by molar-refractivity contribution is 7.90. The van der Waals surface area contributed by atoms with Crippen molar-refractivity contribution >= 4 is 44.2 Å². The van der Waals surface area contributed by atoms with E-state index in [1.165, 1.54) is 30.5 Å². The normalized spacial score (nSPS) is 15.7. The van der Waals surface area contributed by atoms with Crippen LogP contribution in [0.5, 0.6) is 0 Å². The maximum absolute atomic E-state index is 14.9. The molecule has 4 aromatic rings. The molecule has 218 valence electrons. The van der Waals surface area contributed by atoms with Crippen LogP contribution < -0.4 is 10.6 Å². The summed E-state index contributed by atoms with van der Waals surface area (Å²) >= 11 is 6.58. The molecule has 0 unspecified atom stereocenters. The average molecular weight is 615 g/mol. The van der Waals surface area contributed by atoms with Crippen LogP contribution in [0.3, 0.4) is 0 Å². The van der Waals surface area contributed by atoms with Gasteiger partial charge in [0.2, 0.25) is 5.91 Å². The molecule has 1 aliphatic rings. The Bertz CT molecular complexity index is 1930. The first-order chi connectivity index (χ1) is 19.8. The Morgan fingerprint density at radius 1 is 1.17 bits per heavy atom. The second kappa shape index (κ2) is 10.9. The first-order valence-corrected chi connectivity index (χ1v) is 15.0. The number of halogens is 3. The molecule has 1 aliphatic heterocycles. The Kier molecular flexibility index (Phi) is 7.58. The monoisotopic (exact) mass is 614 g/mol. The van der Waals surface area contributed by atoms with Gasteiger partial charge in [-0.3, -0.25) is 4.79 Å². The van der Waals surface area contributed by atoms with Crippen molar-refractivity contribution in [3.05, 3.63) is 81.9 Å². The SMILES string of the molecule is C=CC(=O)N1CCN(c2nc(=O)n(-c3c(C)ccnc3S(C)(=O)=O)c3nc(-c4c(F)cccc4F)c(Cl)cc23)[C@@H](C)C1. The van der Waals surface area contributed by atoms with Crippen molar-refractivity contribution in [2.24, 2.45) is 0 Å². The van der Waals surface area contributed by atoms with Gasteiger partial charge in [-0.15, -0.1) is 0 Å². The highest BCUT2D eigenvalue weighted by Gasteiger charge is 2.31. The van der Waals surface area contributed by atoms with Gasteiger partial charge in [0.05, 0.1) is 27.4 Å². The van der Waals surface area contributed by atoms with Crippen molar-refractivity contribution in [1.29, 1.82) is 0 Å². The number of nitrogens with zero attached hydrogens (tertiary/aromatic N) is 6. The molecule has 5 rings (SSSR count). The van der Waals surface area contributed by atoms with Crippen molar-refractivity contribution < 1.29 is 22.0 Å². The highest BCUT2D eigenvalue weighted by Crippen LogP contribution is 2.37. The number of aryl methyl sites for hydroxylation is 1. The van der Waals surface area contributed by atoms with E-state index >= 15 is 0 Å². The number of hydrogen-bond donors (Lipinski definition) is 0. The molecule has 0 radical (unpaired) electrons. The number of anilines is 1. The number of hydrogen-bond acceptors (Lipinski definition) is 8. The quantitative estimate of drug-likeness (QED) is 0.312. The summed E-state index contributed by atoms with van der Waals surface area (Å²) in [5.41, 5.74) is -1.57. The Morgan fingerprint density at radius 2 is 1.86 bits per heavy atom. The third kappa shape index (κ3) is 5.02. The van der Waals surface area contributed by atoms with Crippen LogP contribution in [-0.2, 0) is 14.6 Å². The van der Waals surface area contributed by atoms with Gasteiger partial charge in [-0.1, -0.05) is 24.2 Å². The Balaban J connectivity index is 1.86. The number of amides is 1. The van der Waals surface area contributed by atoms with E-state index in [1.54, 1.807) is 16.7 Å². The van der Waals surface area contributed by atoms with E-state index in [-0.39, 0.29) is 51.7 Å². The zero-order valence-electron chi connectivity index (χ0n) is 22.8. The molecule has 1 amide bonds. The summed E-state index contributed by atoms with van der Waals surface area (Å²) in [6.45, 7) is 7.85. The molecule has 42 heavy (non-hydrogen) atoms. The van der Waals surface area contributed by atoms with Gasteiger partial charge in [-0.05, 0) is 49.8 Å². The van der Waals surface area contributed by atoms with E-state index in [0.717, 1.165) is 23.0 Å². The number of piperazine rings is 1. The maximum Gasteiger partial charge on any atom is 0.355 e. The molecule has 10 nitrogen and oxygen atoms in total. The van der Waals surface area contributed by atoms with Crippen LogP contribution in [-0.4, -0.2) is 70.7 Å². The van der Waals surface area contributed by atoms with Crippen molar-refractivity contribution in [3.63, 3.8) is 0 Å². The maximum atomic E-state index is 14.9. The fourth-order valence-electron chi connectivity index (χ4n) is 5.10. The third-order valence-corrected chi connectivity index (χ3v) is 8.34. The van der Waals surface area contributed by atoms with Crippen LogP contribution in [0.25, 0.3) is 28.0 Å². The lowest BCUT2D eigenvalue weighted by Gasteiger charge is -2.40. The predicted molar refractivity (Wildman–Crippen MR) is 155 cm³/mol. The average Bonchev–Trinajstić information content (AvgIpc) is 2.92. The van der Waals surface area contributed by atoms with Gasteiger partial charge in [0.1, 0.15) is 17.5 Å². The summed E-state index contributed by atoms with van der Waals surface area (Å²) in [6, 6.07) is 5.87. The van der Waals surface area contributed by atoms with Gasteiger partial charge in [0.25, 0.3) is 0 Å². The Labute approximate surface area is 244 Å². The number of benzene rings is 1. The molecule has 0 N–H and O–H groups in total. The van der Waals surface area contributed by atoms with E-state index < -0.39 is 37.8 Å². The standard InChI is InChI=1S/C28H25ClF2N6O4S/c1-5-21(38)35-11-12-36(16(3)14-35)25-17-13-18(29)23(22-19(30)7-6-8-20(22)31)33-26(17)37(28(39)34-25)24-15(2)9-10-32-27(24)42(4,40)41/h5-10,13,16H,1,11-12,14H2,2-4H3/t16-/m0/s1. The molecule has 0 bridgehead atoms. The first-order valence-electron chi connectivity index (χ1n) is 12.7. The second-order valence-electron chi connectivity index (χ2n) is 9.92. The molecule has 4 heterocycles. The van der Waals surface area contributed by atoms with Gasteiger partial charge in [-0.25, -0.2) is 36.5 Å². The highest BCUT2D eigenvalue weighted by atomic mass is 35.5. The van der Waals surface area contributed by atoms with Gasteiger partial charge in [-0.2, -0.15) is 4.98 Å². The lowest BCUT2D eigenvalue weighted by Crippen LogP contribution is -2.54. The Morgan fingerprint density at radius 3 is 2.48 bits per heavy atom. The van der Waals surface area contributed by atoms with Crippen LogP contribution in [0.1, 0.15) is 12.5 Å². The van der Waals surface area contributed by atoms with Crippen molar-refractivity contribution in [3.8, 4) is 16.9 Å². The minimum Gasteiger partial charge on any atom is -0.350 e. The van der Waals surface area contributed by atoms with Crippen LogP contribution in [0.2, 0.25) is 5.02 Å². The number of carbonyl (C=O) groups excluding carboxylic acids is 1. The summed E-state index contributed by atoms with van der Waals surface area (Å²) in [7, 11) is -3.96. The minimum absolute atomic E-state index is 0.0988. The van der Waals surface area contributed by atoms with E-state index in [9.17, 15) is 26.8 Å². The number of sulfone groups is 1. The van der Waals surface area contributed by atoms with Crippen molar-refractivity contribution in [2.75, 3.05) is 30.8 Å². The summed E-state index contributed by atoms with van der Waals surface area (Å²) < 4.78 is 56.2. The van der Waals surface area contributed by atoms with Gasteiger partial charge < -0.3 is 9.80 Å². The molecule has 1 saturated heterocycles. The smallest absolute Gasteiger partial charge is 0.350 e. The predicted octanol–water partition coefficient (Wildman–Crippen LogP) is 3.71. The topological polar surface area (TPSA) is 118 Å². The van der Waals surface area contributed by atoms with Gasteiger partial charge in [0.15, 0.2) is 20.5 Å². The lowest BCUT2D eigenvalue weighted by atomic mass is 10.1. The second-order valence-corrected chi connectivity index (χ2v) is 12.3. The lowest BCUT2D eigenvalue weighted by molar-refractivity contribution is -0.126. The zero-order valence-corrected chi connectivity index (χ0v) is 24.4. The van der Waals surface area contributed by atoms with E-state index in [0.29, 0.717) is 18.7 Å². The fraction of sp³-hybridized carbons (Fsp3) is 0.250. The summed E-state index contributed by atoms with van der Waals surface area (Å²) in [5, 5.41) is -0.307. The van der Waals surface area contributed by atoms with Crippen LogP contribution in [0.4, 0.5) is 14.6 Å². The fourth-order valence-corrected chi connectivity index (χ4v) is 6.20. The Hall–Kier alpha value is -4.23. The minimum atomic E-state index is -3.96. The molecule has 0 saturated carbocycles. The third-order valence-electron chi connectivity index (χ3n) is 7.05. The largest absolute Gasteiger partial charge is 0.355 e. The van der Waals surface area contributed by atoms with E-state index in [2.05, 4.69) is 21.5 Å². The first kappa shape index (κ1) is 29.3. The van der Waals surface area contributed by atoms with E-state index in [1.807, 2.05) is 6.92 Å². The number of rotatable bonds is 5. The molecule has 1 fully saturated rings. The van der Waals surface area contributed by atoms with Gasteiger partial charge >= 0.3 is 5.69 Å². The van der Waals surface area contributed by atoms with Crippen LogP contribution in [0, 0.1) is 18.6 Å². The summed E-state index contributed by atoms with van der Waals surface area (Å²) in [4.78, 5) is 42.3. The number of pyridine rings is 2. The summed E-state index contributed by atoms with van der Waals surface area (Å²) in [6.07, 6.45) is 3.46. The van der Waals surface area contributed by atoms with Gasteiger partial charge in [0, 0.05) is 38.1 Å². The molecule has 14 heteroatoms. The number of fused-ring (bicyclic) bond motifs is 1. The molecule has 1 atom stereocenters. The number of carbonyl (C=O) groups is 1. The molecule has 0 spiro atoms. The van der Waals surface area contributed by atoms with Crippen LogP contribution >= 0.6 is 11.6 Å². The molecule has 3 aromatic heterocycles. The van der Waals surface area contributed by atoms with Crippen molar-refractivity contribution in [1.82, 2.24) is 24.4 Å².